The fourth-order valence-corrected chi connectivity index (χ4v) is 2.86. The minimum Gasteiger partial charge on any atom is -0.481 e. The van der Waals surface area contributed by atoms with Crippen LogP contribution < -0.4 is 4.74 Å². The topological polar surface area (TPSA) is 61.3 Å². The van der Waals surface area contributed by atoms with Crippen molar-refractivity contribution < 1.29 is 14.3 Å². The molecule has 0 saturated carbocycles. The normalized spacial score (nSPS) is 10.7. The van der Waals surface area contributed by atoms with Crippen LogP contribution in [0.15, 0.2) is 42.5 Å². The molecule has 3 aromatic rings. The van der Waals surface area contributed by atoms with Crippen LogP contribution in [0.3, 0.4) is 0 Å². The Kier molecular flexibility index (Phi) is 5.90. The summed E-state index contributed by atoms with van der Waals surface area (Å²) in [6, 6.07) is 13.5. The van der Waals surface area contributed by atoms with Crippen LogP contribution in [-0.4, -0.2) is 29.2 Å². The fourth-order valence-electron chi connectivity index (χ4n) is 2.86. The molecule has 5 nitrogen and oxygen atoms in total. The largest absolute Gasteiger partial charge is 0.481 e. The van der Waals surface area contributed by atoms with Crippen LogP contribution in [0.5, 0.6) is 5.75 Å². The van der Waals surface area contributed by atoms with Gasteiger partial charge in [-0.1, -0.05) is 44.0 Å². The first-order valence-corrected chi connectivity index (χ1v) is 9.19. The predicted molar refractivity (Wildman–Crippen MR) is 109 cm³/mol. The number of esters is 1. The van der Waals surface area contributed by atoms with Crippen molar-refractivity contribution in [1.82, 2.24) is 9.97 Å². The molecule has 0 radical (unpaired) electrons. The molecule has 0 aliphatic heterocycles. The lowest BCUT2D eigenvalue weighted by atomic mass is 9.99. The summed E-state index contributed by atoms with van der Waals surface area (Å²) in [4.78, 5) is 21.1. The molecule has 0 aliphatic rings. The molecule has 2 aromatic carbocycles. The number of nitrogens with zero attached hydrogens (tertiary/aromatic N) is 2. The number of aromatic nitrogens is 2. The molecule has 28 heavy (non-hydrogen) atoms. The number of rotatable bonds is 6. The lowest BCUT2D eigenvalue weighted by Gasteiger charge is -2.11. The molecule has 0 atom stereocenters. The number of ether oxygens (including phenoxy) is 2. The van der Waals surface area contributed by atoms with Crippen molar-refractivity contribution in [2.45, 2.75) is 26.7 Å². The first kappa shape index (κ1) is 19.4. The Morgan fingerprint density at radius 2 is 1.89 bits per heavy atom. The highest BCUT2D eigenvalue weighted by atomic mass is 16.5. The summed E-state index contributed by atoms with van der Waals surface area (Å²) in [5.41, 5.74) is 3.39. The maximum Gasteiger partial charge on any atom is 0.376 e. The van der Waals surface area contributed by atoms with Crippen LogP contribution in [0.25, 0.3) is 22.2 Å². The summed E-state index contributed by atoms with van der Waals surface area (Å²) >= 11 is 0. The second kappa shape index (κ2) is 8.53. The van der Waals surface area contributed by atoms with E-state index in [2.05, 4.69) is 41.9 Å². The van der Waals surface area contributed by atoms with E-state index in [4.69, 9.17) is 15.9 Å². The molecule has 142 valence electrons. The number of terminal acetylenes is 1. The maximum atomic E-state index is 12.2. The third kappa shape index (κ3) is 4.12. The zero-order valence-corrected chi connectivity index (χ0v) is 16.2. The molecule has 0 fully saturated rings. The number of carbonyl (C=O) groups excluding carboxylic acids is 1. The fraction of sp³-hybridized carbons (Fsp3) is 0.261. The third-order valence-corrected chi connectivity index (χ3v) is 4.30. The summed E-state index contributed by atoms with van der Waals surface area (Å²) < 4.78 is 10.6. The number of benzene rings is 2. The van der Waals surface area contributed by atoms with E-state index in [0.29, 0.717) is 22.9 Å². The zero-order chi connectivity index (χ0) is 20.1. The molecule has 0 unspecified atom stereocenters. The quantitative estimate of drug-likeness (QED) is 0.466. The van der Waals surface area contributed by atoms with Crippen molar-refractivity contribution in [1.29, 1.82) is 0 Å². The van der Waals surface area contributed by atoms with E-state index in [9.17, 15) is 4.79 Å². The van der Waals surface area contributed by atoms with Crippen LogP contribution in [0.1, 0.15) is 42.9 Å². The minimum absolute atomic E-state index is 0.0366. The van der Waals surface area contributed by atoms with E-state index in [1.807, 2.05) is 18.2 Å². The Balaban J connectivity index is 2.17. The first-order valence-electron chi connectivity index (χ1n) is 9.19. The summed E-state index contributed by atoms with van der Waals surface area (Å²) in [5, 5.41) is 0.778. The average molecular weight is 374 g/mol. The number of hydrogen-bond acceptors (Lipinski definition) is 5. The van der Waals surface area contributed by atoms with Crippen molar-refractivity contribution in [3.63, 3.8) is 0 Å². The van der Waals surface area contributed by atoms with Gasteiger partial charge in [-0.25, -0.2) is 14.8 Å². The second-order valence-corrected chi connectivity index (χ2v) is 6.56. The molecular weight excluding hydrogens is 352 g/mol. The van der Waals surface area contributed by atoms with Gasteiger partial charge in [0.15, 0.2) is 0 Å². The van der Waals surface area contributed by atoms with Gasteiger partial charge in [-0.15, -0.1) is 6.42 Å². The SMILES string of the molecule is C#CCOc1ccc2nc(C(=O)OCC)nc(-c3ccc(C(C)C)cc3)c2c1. The first-order chi connectivity index (χ1) is 13.5. The van der Waals surface area contributed by atoms with Gasteiger partial charge in [0, 0.05) is 10.9 Å². The highest BCUT2D eigenvalue weighted by molar-refractivity contribution is 5.96. The smallest absolute Gasteiger partial charge is 0.376 e. The van der Waals surface area contributed by atoms with Crippen molar-refractivity contribution in [2.24, 2.45) is 0 Å². The Hall–Kier alpha value is -3.39. The monoisotopic (exact) mass is 374 g/mol. The molecule has 5 heteroatoms. The molecule has 0 saturated heterocycles. The van der Waals surface area contributed by atoms with E-state index in [1.165, 1.54) is 5.56 Å². The van der Waals surface area contributed by atoms with Crippen LogP contribution in [-0.2, 0) is 4.74 Å². The van der Waals surface area contributed by atoms with Crippen molar-refractivity contribution in [2.75, 3.05) is 13.2 Å². The number of carbonyl (C=O) groups is 1. The highest BCUT2D eigenvalue weighted by Gasteiger charge is 2.17. The van der Waals surface area contributed by atoms with Gasteiger partial charge in [0.1, 0.15) is 12.4 Å². The Morgan fingerprint density at radius 3 is 2.54 bits per heavy atom. The van der Waals surface area contributed by atoms with Crippen LogP contribution in [0.2, 0.25) is 0 Å². The minimum atomic E-state index is -0.544. The average Bonchev–Trinajstić information content (AvgIpc) is 2.71. The van der Waals surface area contributed by atoms with Gasteiger partial charge in [0.25, 0.3) is 0 Å². The Morgan fingerprint density at radius 1 is 1.14 bits per heavy atom. The van der Waals surface area contributed by atoms with Crippen molar-refractivity contribution >= 4 is 16.9 Å². The summed E-state index contributed by atoms with van der Waals surface area (Å²) in [5.74, 6) is 2.99. The van der Waals surface area contributed by atoms with E-state index < -0.39 is 5.97 Å². The molecular formula is C23H22N2O3. The van der Waals surface area contributed by atoms with Crippen LogP contribution >= 0.6 is 0 Å². The summed E-state index contributed by atoms with van der Waals surface area (Å²) in [7, 11) is 0. The highest BCUT2D eigenvalue weighted by Crippen LogP contribution is 2.30. The van der Waals surface area contributed by atoms with Gasteiger partial charge in [-0.2, -0.15) is 0 Å². The lowest BCUT2D eigenvalue weighted by Crippen LogP contribution is -2.11. The van der Waals surface area contributed by atoms with Gasteiger partial charge in [0.05, 0.1) is 17.8 Å². The predicted octanol–water partition coefficient (Wildman–Crippen LogP) is 4.61. The van der Waals surface area contributed by atoms with Crippen molar-refractivity contribution in [3.8, 4) is 29.4 Å². The van der Waals surface area contributed by atoms with E-state index in [0.717, 1.165) is 10.9 Å². The van der Waals surface area contributed by atoms with Gasteiger partial charge in [0.2, 0.25) is 5.82 Å². The standard InChI is InChI=1S/C23H22N2O3/c1-5-13-28-18-11-12-20-19(14-18)21(25-22(24-20)23(26)27-6-2)17-9-7-16(8-10-17)15(3)4/h1,7-12,14-15H,6,13H2,2-4H3. The molecule has 1 aromatic heterocycles. The zero-order valence-electron chi connectivity index (χ0n) is 16.2. The molecule has 0 spiro atoms. The van der Waals surface area contributed by atoms with Crippen LogP contribution in [0.4, 0.5) is 0 Å². The Labute approximate surface area is 164 Å². The van der Waals surface area contributed by atoms with Crippen LogP contribution in [0, 0.1) is 12.3 Å². The van der Waals surface area contributed by atoms with Gasteiger partial charge < -0.3 is 9.47 Å². The van der Waals surface area contributed by atoms with E-state index >= 15 is 0 Å². The number of hydrogen-bond donors (Lipinski definition) is 0. The second-order valence-electron chi connectivity index (χ2n) is 6.56. The van der Waals surface area contributed by atoms with Crippen molar-refractivity contribution in [3.05, 3.63) is 53.9 Å². The molecule has 0 N–H and O–H groups in total. The van der Waals surface area contributed by atoms with E-state index in [-0.39, 0.29) is 19.0 Å². The van der Waals surface area contributed by atoms with E-state index in [1.54, 1.807) is 19.1 Å². The molecule has 1 heterocycles. The Bertz CT molecular complexity index is 1030. The van der Waals surface area contributed by atoms with Gasteiger partial charge in [-0.05, 0) is 36.6 Å². The molecule has 0 amide bonds. The molecule has 3 rings (SSSR count). The number of fused-ring (bicyclic) bond motifs is 1. The summed E-state index contributed by atoms with van der Waals surface area (Å²) in [6.45, 7) is 6.47. The summed E-state index contributed by atoms with van der Waals surface area (Å²) in [6.07, 6.45) is 5.28. The van der Waals surface area contributed by atoms with Gasteiger partial charge >= 0.3 is 5.97 Å². The van der Waals surface area contributed by atoms with Gasteiger partial charge in [-0.3, -0.25) is 0 Å². The lowest BCUT2D eigenvalue weighted by molar-refractivity contribution is 0.0512. The third-order valence-electron chi connectivity index (χ3n) is 4.30. The molecule has 0 bridgehead atoms. The molecule has 0 aliphatic carbocycles. The maximum absolute atomic E-state index is 12.2.